The van der Waals surface area contributed by atoms with Crippen LogP contribution in [0.25, 0.3) is 22.0 Å². The third-order valence-corrected chi connectivity index (χ3v) is 4.51. The van der Waals surface area contributed by atoms with Crippen molar-refractivity contribution >= 4 is 33.9 Å². The second-order valence-corrected chi connectivity index (χ2v) is 6.02. The topological polar surface area (TPSA) is 51.1 Å². The summed E-state index contributed by atoms with van der Waals surface area (Å²) in [6.07, 6.45) is 1.91. The van der Waals surface area contributed by atoms with Gasteiger partial charge in [-0.2, -0.15) is 0 Å². The van der Waals surface area contributed by atoms with Crippen LogP contribution in [-0.2, 0) is 16.6 Å². The summed E-state index contributed by atoms with van der Waals surface area (Å²) in [6, 6.07) is 15.5. The molecule has 24 heavy (non-hydrogen) atoms. The Bertz CT molecular complexity index is 1040. The van der Waals surface area contributed by atoms with Crippen molar-refractivity contribution in [3.05, 3.63) is 71.4 Å². The van der Waals surface area contributed by atoms with E-state index in [4.69, 9.17) is 0 Å². The zero-order valence-corrected chi connectivity index (χ0v) is 13.5. The number of nitrogens with zero attached hydrogens (tertiary/aromatic N) is 1. The fourth-order valence-corrected chi connectivity index (χ4v) is 3.36. The highest BCUT2D eigenvalue weighted by atomic mass is 16.2. The summed E-state index contributed by atoms with van der Waals surface area (Å²) in [5, 5.41) is 3.42. The van der Waals surface area contributed by atoms with Crippen LogP contribution < -0.4 is 5.32 Å². The Labute approximate surface area is 139 Å². The molecule has 118 valence electrons. The Morgan fingerprint density at radius 2 is 1.46 bits per heavy atom. The molecule has 4 nitrogen and oxygen atoms in total. The van der Waals surface area contributed by atoms with Gasteiger partial charge in [-0.3, -0.25) is 14.9 Å². The first-order valence-corrected chi connectivity index (χ1v) is 7.78. The maximum Gasteiger partial charge on any atom is 0.259 e. The van der Waals surface area contributed by atoms with E-state index in [0.29, 0.717) is 11.1 Å². The molecule has 1 N–H and O–H groups in total. The number of para-hydroxylation sites is 1. The third-order valence-electron chi connectivity index (χ3n) is 4.51. The lowest BCUT2D eigenvalue weighted by Gasteiger charge is -2.07. The molecule has 1 aliphatic heterocycles. The molecule has 4 rings (SSSR count). The molecule has 2 amide bonds. The summed E-state index contributed by atoms with van der Waals surface area (Å²) in [7, 11) is 1.94. The van der Waals surface area contributed by atoms with Gasteiger partial charge in [-0.15, -0.1) is 0 Å². The van der Waals surface area contributed by atoms with Gasteiger partial charge in [0, 0.05) is 29.7 Å². The first kappa shape index (κ1) is 14.5. The normalized spacial score (nSPS) is 14.6. The lowest BCUT2D eigenvalue weighted by molar-refractivity contribution is -0.122. The minimum absolute atomic E-state index is 0.336. The van der Waals surface area contributed by atoms with Crippen LogP contribution in [0.1, 0.15) is 16.7 Å². The summed E-state index contributed by atoms with van der Waals surface area (Å²) in [5.41, 5.74) is 4.48. The van der Waals surface area contributed by atoms with Gasteiger partial charge >= 0.3 is 0 Å². The van der Waals surface area contributed by atoms with Gasteiger partial charge in [0.25, 0.3) is 11.8 Å². The van der Waals surface area contributed by atoms with E-state index >= 15 is 0 Å². The van der Waals surface area contributed by atoms with E-state index in [0.717, 1.165) is 27.6 Å². The molecule has 0 saturated heterocycles. The molecule has 2 aromatic carbocycles. The molecule has 0 radical (unpaired) electrons. The lowest BCUT2D eigenvalue weighted by atomic mass is 9.93. The SMILES string of the molecule is Cc1ccccc1C1=C(c2cn(C)c3ccccc23)C(=O)NC1=O. The van der Waals surface area contributed by atoms with Gasteiger partial charge in [-0.05, 0) is 24.1 Å². The standard InChI is InChI=1S/C20H16N2O2/c1-12-7-3-4-8-13(12)17-18(20(24)21-19(17)23)15-11-22(2)16-10-6-5-9-14(15)16/h3-11H,1-2H3,(H,21,23,24). The predicted molar refractivity (Wildman–Crippen MR) is 94.1 cm³/mol. The molecule has 0 aliphatic carbocycles. The molecule has 0 bridgehead atoms. The van der Waals surface area contributed by atoms with Crippen LogP contribution in [0.5, 0.6) is 0 Å². The van der Waals surface area contributed by atoms with Crippen LogP contribution in [0.15, 0.2) is 54.7 Å². The Balaban J connectivity index is 2.07. The number of benzene rings is 2. The van der Waals surface area contributed by atoms with Crippen molar-refractivity contribution in [3.63, 3.8) is 0 Å². The fourth-order valence-electron chi connectivity index (χ4n) is 3.36. The van der Waals surface area contributed by atoms with E-state index in [1.54, 1.807) is 0 Å². The monoisotopic (exact) mass is 316 g/mol. The number of fused-ring (bicyclic) bond motifs is 1. The van der Waals surface area contributed by atoms with Gasteiger partial charge in [0.2, 0.25) is 0 Å². The van der Waals surface area contributed by atoms with Gasteiger partial charge in [0.15, 0.2) is 0 Å². The Hall–Kier alpha value is -3.14. The van der Waals surface area contributed by atoms with Crippen LogP contribution in [0.3, 0.4) is 0 Å². The maximum atomic E-state index is 12.5. The highest BCUT2D eigenvalue weighted by molar-refractivity contribution is 6.50. The molecule has 1 aromatic heterocycles. The van der Waals surface area contributed by atoms with Crippen molar-refractivity contribution in [3.8, 4) is 0 Å². The quantitative estimate of drug-likeness (QED) is 0.739. The van der Waals surface area contributed by atoms with Gasteiger partial charge in [-0.25, -0.2) is 0 Å². The minimum atomic E-state index is -0.338. The third kappa shape index (κ3) is 2.00. The van der Waals surface area contributed by atoms with Crippen molar-refractivity contribution in [1.82, 2.24) is 9.88 Å². The molecule has 0 spiro atoms. The number of hydrogen-bond acceptors (Lipinski definition) is 2. The van der Waals surface area contributed by atoms with Gasteiger partial charge in [0.1, 0.15) is 0 Å². The number of hydrogen-bond donors (Lipinski definition) is 1. The van der Waals surface area contributed by atoms with E-state index in [-0.39, 0.29) is 11.8 Å². The highest BCUT2D eigenvalue weighted by Crippen LogP contribution is 2.36. The van der Waals surface area contributed by atoms with Crippen molar-refractivity contribution in [1.29, 1.82) is 0 Å². The van der Waals surface area contributed by atoms with Crippen molar-refractivity contribution in [2.75, 3.05) is 0 Å². The number of amides is 2. The average Bonchev–Trinajstić information content (AvgIpc) is 3.05. The number of aryl methyl sites for hydroxylation is 2. The first-order chi connectivity index (χ1) is 11.6. The first-order valence-electron chi connectivity index (χ1n) is 7.78. The molecule has 0 unspecified atom stereocenters. The number of aromatic nitrogens is 1. The summed E-state index contributed by atoms with van der Waals surface area (Å²) >= 11 is 0. The fraction of sp³-hybridized carbons (Fsp3) is 0.100. The zero-order chi connectivity index (χ0) is 16.8. The molecule has 0 fully saturated rings. The summed E-state index contributed by atoms with van der Waals surface area (Å²) in [4.78, 5) is 25.0. The molecule has 3 aromatic rings. The second-order valence-electron chi connectivity index (χ2n) is 6.02. The van der Waals surface area contributed by atoms with E-state index in [1.807, 2.05) is 73.3 Å². The molecule has 2 heterocycles. The predicted octanol–water partition coefficient (Wildman–Crippen LogP) is 3.05. The minimum Gasteiger partial charge on any atom is -0.350 e. The van der Waals surface area contributed by atoms with Crippen molar-refractivity contribution in [2.45, 2.75) is 6.92 Å². The van der Waals surface area contributed by atoms with E-state index in [1.165, 1.54) is 0 Å². The number of nitrogens with one attached hydrogen (secondary N) is 1. The Kier molecular flexibility index (Phi) is 3.13. The number of imide groups is 1. The summed E-state index contributed by atoms with van der Waals surface area (Å²) in [6.45, 7) is 1.94. The summed E-state index contributed by atoms with van der Waals surface area (Å²) in [5.74, 6) is -0.674. The molecule has 4 heteroatoms. The maximum absolute atomic E-state index is 12.5. The molecule has 0 saturated carbocycles. The zero-order valence-electron chi connectivity index (χ0n) is 13.5. The number of carbonyl (C=O) groups is 2. The van der Waals surface area contributed by atoms with E-state index in [2.05, 4.69) is 5.32 Å². The van der Waals surface area contributed by atoms with Gasteiger partial charge < -0.3 is 4.57 Å². The van der Waals surface area contributed by atoms with Crippen LogP contribution in [0.2, 0.25) is 0 Å². The molecular weight excluding hydrogens is 300 g/mol. The van der Waals surface area contributed by atoms with Crippen LogP contribution in [0, 0.1) is 6.92 Å². The van der Waals surface area contributed by atoms with E-state index in [9.17, 15) is 9.59 Å². The van der Waals surface area contributed by atoms with Crippen LogP contribution in [-0.4, -0.2) is 16.4 Å². The summed E-state index contributed by atoms with van der Waals surface area (Å²) < 4.78 is 1.98. The molecule has 1 aliphatic rings. The molecular formula is C20H16N2O2. The largest absolute Gasteiger partial charge is 0.350 e. The second kappa shape index (κ2) is 5.20. The average molecular weight is 316 g/mol. The van der Waals surface area contributed by atoms with Gasteiger partial charge in [-0.1, -0.05) is 42.5 Å². The van der Waals surface area contributed by atoms with Crippen molar-refractivity contribution < 1.29 is 9.59 Å². The van der Waals surface area contributed by atoms with Gasteiger partial charge in [0.05, 0.1) is 11.1 Å². The van der Waals surface area contributed by atoms with Crippen LogP contribution >= 0.6 is 0 Å². The lowest BCUT2D eigenvalue weighted by Crippen LogP contribution is -2.22. The Morgan fingerprint density at radius 1 is 0.833 bits per heavy atom. The van der Waals surface area contributed by atoms with Crippen molar-refractivity contribution in [2.24, 2.45) is 7.05 Å². The number of rotatable bonds is 2. The van der Waals surface area contributed by atoms with E-state index < -0.39 is 0 Å². The molecule has 0 atom stereocenters. The highest BCUT2D eigenvalue weighted by Gasteiger charge is 2.34. The smallest absolute Gasteiger partial charge is 0.259 e. The van der Waals surface area contributed by atoms with Crippen LogP contribution in [0.4, 0.5) is 0 Å². The number of carbonyl (C=O) groups excluding carboxylic acids is 2. The Morgan fingerprint density at radius 3 is 2.21 bits per heavy atom.